The van der Waals surface area contributed by atoms with Gasteiger partial charge in [-0.25, -0.2) is 14.4 Å². The topological polar surface area (TPSA) is 109 Å². The molecule has 2 heterocycles. The molecule has 3 aromatic rings. The number of amides is 2. The van der Waals surface area contributed by atoms with Gasteiger partial charge in [0.25, 0.3) is 5.91 Å². The summed E-state index contributed by atoms with van der Waals surface area (Å²) in [6, 6.07) is 3.50. The van der Waals surface area contributed by atoms with E-state index in [1.54, 1.807) is 26.0 Å². The number of hydrogen-bond acceptors (Lipinski definition) is 5. The number of carbonyl (C=O) groups is 2. The van der Waals surface area contributed by atoms with Gasteiger partial charge in [-0.3, -0.25) is 9.59 Å². The SMILES string of the molecule is CC(=O)N[C@H]1CC[C@H](NC(=O)c2c(C)[nH]c3c(-c4c(OCC5CC5)ccc(C)c4F)ncnc23)C1. The van der Waals surface area contributed by atoms with Crippen molar-refractivity contribution in [2.75, 3.05) is 6.61 Å². The molecule has 2 aliphatic carbocycles. The molecule has 2 aromatic heterocycles. The molecule has 2 fully saturated rings. The second-order valence-electron chi connectivity index (χ2n) is 9.78. The lowest BCUT2D eigenvalue weighted by molar-refractivity contribution is -0.119. The monoisotopic (exact) mass is 479 g/mol. The molecule has 2 aliphatic rings. The lowest BCUT2D eigenvalue weighted by atomic mass is 10.0. The van der Waals surface area contributed by atoms with Crippen LogP contribution < -0.4 is 15.4 Å². The molecule has 2 amide bonds. The predicted octanol–water partition coefficient (Wildman–Crippen LogP) is 3.96. The normalized spacial score (nSPS) is 19.7. The number of fused-ring (bicyclic) bond motifs is 1. The van der Waals surface area contributed by atoms with E-state index in [-0.39, 0.29) is 29.5 Å². The van der Waals surface area contributed by atoms with Gasteiger partial charge in [0.05, 0.1) is 23.3 Å². The van der Waals surface area contributed by atoms with Crippen LogP contribution in [0.15, 0.2) is 18.5 Å². The number of H-pyrrole nitrogens is 1. The van der Waals surface area contributed by atoms with Crippen LogP contribution in [0.3, 0.4) is 0 Å². The van der Waals surface area contributed by atoms with Crippen LogP contribution in [0, 0.1) is 25.6 Å². The van der Waals surface area contributed by atoms with Crippen molar-refractivity contribution in [1.82, 2.24) is 25.6 Å². The lowest BCUT2D eigenvalue weighted by Crippen LogP contribution is -2.36. The van der Waals surface area contributed by atoms with Crippen molar-refractivity contribution < 1.29 is 18.7 Å². The summed E-state index contributed by atoms with van der Waals surface area (Å²) in [5, 5.41) is 6.00. The first kappa shape index (κ1) is 23.3. The highest BCUT2D eigenvalue weighted by molar-refractivity contribution is 6.09. The molecule has 0 radical (unpaired) electrons. The summed E-state index contributed by atoms with van der Waals surface area (Å²) in [4.78, 5) is 36.6. The number of rotatable bonds is 7. The maximum atomic E-state index is 15.4. The highest BCUT2D eigenvalue weighted by Crippen LogP contribution is 2.39. The van der Waals surface area contributed by atoms with Gasteiger partial charge in [0, 0.05) is 24.7 Å². The Balaban J connectivity index is 1.47. The Kier molecular flexibility index (Phi) is 6.17. The number of nitrogens with one attached hydrogen (secondary N) is 3. The Morgan fingerprint density at radius 1 is 1.11 bits per heavy atom. The van der Waals surface area contributed by atoms with Gasteiger partial charge in [-0.15, -0.1) is 0 Å². The van der Waals surface area contributed by atoms with E-state index in [0.717, 1.165) is 25.7 Å². The lowest BCUT2D eigenvalue weighted by Gasteiger charge is -2.14. The number of halogens is 1. The fourth-order valence-corrected chi connectivity index (χ4v) is 4.87. The zero-order valence-corrected chi connectivity index (χ0v) is 20.2. The first-order chi connectivity index (χ1) is 16.8. The van der Waals surface area contributed by atoms with Gasteiger partial charge in [0.15, 0.2) is 0 Å². The molecular weight excluding hydrogens is 449 g/mol. The highest BCUT2D eigenvalue weighted by Gasteiger charge is 2.30. The summed E-state index contributed by atoms with van der Waals surface area (Å²) in [5.41, 5.74) is 3.12. The van der Waals surface area contributed by atoms with E-state index < -0.39 is 5.82 Å². The van der Waals surface area contributed by atoms with Gasteiger partial charge < -0.3 is 20.4 Å². The van der Waals surface area contributed by atoms with Crippen molar-refractivity contribution in [2.24, 2.45) is 5.92 Å². The number of benzene rings is 1. The van der Waals surface area contributed by atoms with E-state index in [1.165, 1.54) is 13.3 Å². The third kappa shape index (κ3) is 4.72. The van der Waals surface area contributed by atoms with Gasteiger partial charge in [0.1, 0.15) is 29.1 Å². The standard InChI is InChI=1S/C26H30FN5O3/c1-13-4-9-19(35-11-16-5-6-16)21(22(13)27)24-25-23(28-12-29-24)20(14(2)30-25)26(34)32-18-8-7-17(10-18)31-15(3)33/h4,9,12,16-18,30H,5-8,10-11H2,1-3H3,(H,31,33)(H,32,34)/t17-,18-/m0/s1. The summed E-state index contributed by atoms with van der Waals surface area (Å²) in [5.74, 6) is 0.241. The average molecular weight is 480 g/mol. The van der Waals surface area contributed by atoms with Crippen LogP contribution >= 0.6 is 0 Å². The van der Waals surface area contributed by atoms with Crippen molar-refractivity contribution in [1.29, 1.82) is 0 Å². The van der Waals surface area contributed by atoms with Crippen molar-refractivity contribution in [2.45, 2.75) is 65.0 Å². The van der Waals surface area contributed by atoms with Crippen molar-refractivity contribution in [3.05, 3.63) is 41.1 Å². The molecule has 8 nitrogen and oxygen atoms in total. The first-order valence-electron chi connectivity index (χ1n) is 12.1. The minimum absolute atomic E-state index is 0.0401. The fraction of sp³-hybridized carbons (Fsp3) is 0.462. The first-order valence-corrected chi connectivity index (χ1v) is 12.1. The number of carbonyl (C=O) groups excluding carboxylic acids is 2. The van der Waals surface area contributed by atoms with Gasteiger partial charge in [-0.1, -0.05) is 6.07 Å². The number of hydrogen-bond donors (Lipinski definition) is 3. The summed E-state index contributed by atoms with van der Waals surface area (Å²) < 4.78 is 21.4. The van der Waals surface area contributed by atoms with E-state index in [2.05, 4.69) is 25.6 Å². The van der Waals surface area contributed by atoms with Crippen LogP contribution in [0.25, 0.3) is 22.3 Å². The van der Waals surface area contributed by atoms with E-state index >= 15 is 4.39 Å². The number of nitrogens with zero attached hydrogens (tertiary/aromatic N) is 2. The largest absolute Gasteiger partial charge is 0.492 e. The predicted molar refractivity (Wildman–Crippen MR) is 130 cm³/mol. The van der Waals surface area contributed by atoms with Crippen LogP contribution in [-0.2, 0) is 4.79 Å². The van der Waals surface area contributed by atoms with Gasteiger partial charge in [0.2, 0.25) is 5.91 Å². The van der Waals surface area contributed by atoms with E-state index in [0.29, 0.717) is 58.2 Å². The minimum Gasteiger partial charge on any atom is -0.492 e. The number of aryl methyl sites for hydroxylation is 2. The van der Waals surface area contributed by atoms with Crippen molar-refractivity contribution in [3.8, 4) is 17.0 Å². The number of aromatic nitrogens is 3. The van der Waals surface area contributed by atoms with Crippen molar-refractivity contribution >= 4 is 22.8 Å². The molecule has 0 saturated heterocycles. The smallest absolute Gasteiger partial charge is 0.255 e. The molecule has 3 N–H and O–H groups in total. The fourth-order valence-electron chi connectivity index (χ4n) is 4.87. The van der Waals surface area contributed by atoms with Crippen LogP contribution in [0.2, 0.25) is 0 Å². The van der Waals surface area contributed by atoms with Crippen LogP contribution in [0.1, 0.15) is 60.6 Å². The molecule has 0 bridgehead atoms. The second kappa shape index (κ2) is 9.28. The Bertz CT molecular complexity index is 1300. The molecule has 9 heteroatoms. The van der Waals surface area contributed by atoms with Crippen LogP contribution in [0.5, 0.6) is 5.75 Å². The van der Waals surface area contributed by atoms with E-state index in [9.17, 15) is 9.59 Å². The molecule has 0 unspecified atom stereocenters. The van der Waals surface area contributed by atoms with Gasteiger partial charge >= 0.3 is 0 Å². The molecule has 5 rings (SSSR count). The highest BCUT2D eigenvalue weighted by atomic mass is 19.1. The van der Waals surface area contributed by atoms with Crippen LogP contribution in [0.4, 0.5) is 4.39 Å². The van der Waals surface area contributed by atoms with Crippen molar-refractivity contribution in [3.63, 3.8) is 0 Å². The Hall–Kier alpha value is -3.49. The maximum Gasteiger partial charge on any atom is 0.255 e. The zero-order valence-electron chi connectivity index (χ0n) is 20.2. The minimum atomic E-state index is -0.397. The average Bonchev–Trinajstić information content (AvgIpc) is 3.44. The van der Waals surface area contributed by atoms with E-state index in [1.807, 2.05) is 0 Å². The second-order valence-corrected chi connectivity index (χ2v) is 9.78. The summed E-state index contributed by atoms with van der Waals surface area (Å²) in [6.07, 6.45) is 5.90. The zero-order chi connectivity index (χ0) is 24.7. The Morgan fingerprint density at radius 3 is 2.57 bits per heavy atom. The molecule has 2 atom stereocenters. The number of aromatic amines is 1. The summed E-state index contributed by atoms with van der Waals surface area (Å²) in [7, 11) is 0. The molecule has 35 heavy (non-hydrogen) atoms. The quantitative estimate of drug-likeness (QED) is 0.475. The third-order valence-corrected chi connectivity index (χ3v) is 6.88. The molecule has 184 valence electrons. The summed E-state index contributed by atoms with van der Waals surface area (Å²) in [6.45, 7) is 5.54. The van der Waals surface area contributed by atoms with Gasteiger partial charge in [-0.05, 0) is 63.5 Å². The third-order valence-electron chi connectivity index (χ3n) is 6.88. The molecule has 1 aromatic carbocycles. The molecule has 2 saturated carbocycles. The number of ether oxygens (including phenoxy) is 1. The Labute approximate surface area is 203 Å². The van der Waals surface area contributed by atoms with Crippen LogP contribution in [-0.4, -0.2) is 45.5 Å². The Morgan fingerprint density at radius 2 is 1.86 bits per heavy atom. The van der Waals surface area contributed by atoms with E-state index in [4.69, 9.17) is 4.74 Å². The van der Waals surface area contributed by atoms with Gasteiger partial charge in [-0.2, -0.15) is 0 Å². The molecular formula is C26H30FN5O3. The summed E-state index contributed by atoms with van der Waals surface area (Å²) >= 11 is 0. The maximum absolute atomic E-state index is 15.4. The molecule has 0 aliphatic heterocycles. The molecule has 0 spiro atoms.